The zero-order valence-electron chi connectivity index (χ0n) is 8.65. The number of aryl methyl sites for hydroxylation is 1. The van der Waals surface area contributed by atoms with Crippen LogP contribution in [-0.2, 0) is 0 Å². The number of aromatic carboxylic acids is 1. The third-order valence-electron chi connectivity index (χ3n) is 2.15. The maximum Gasteiger partial charge on any atom is 0.343 e. The fourth-order valence-electron chi connectivity index (χ4n) is 1.41. The summed E-state index contributed by atoms with van der Waals surface area (Å²) >= 11 is 4.74. The smallest absolute Gasteiger partial charge is 0.343 e. The molecule has 2 N–H and O–H groups in total. The molecule has 2 aromatic rings. The number of aromatic amines is 1. The quantitative estimate of drug-likeness (QED) is 0.890. The van der Waals surface area contributed by atoms with Gasteiger partial charge in [-0.3, -0.25) is 4.79 Å². The van der Waals surface area contributed by atoms with Crippen LogP contribution in [0.5, 0.6) is 0 Å². The molecule has 5 nitrogen and oxygen atoms in total. The average Bonchev–Trinajstić information content (AvgIpc) is 2.62. The number of hydrogen-bond acceptors (Lipinski definition) is 4. The van der Waals surface area contributed by atoms with Crippen molar-refractivity contribution in [1.29, 1.82) is 0 Å². The third-order valence-corrected chi connectivity index (χ3v) is 3.99. The minimum atomic E-state index is -1.27. The van der Waals surface area contributed by atoms with Gasteiger partial charge < -0.3 is 10.1 Å². The standard InChI is InChI=1S/C10H7BrN2O3S/c1-4-6(10(15)16)9(14)13-8(12-4)7-5(11)2-3-17-7/h2-3H,1H3,(H,15,16)(H,12,13,14). The van der Waals surface area contributed by atoms with Crippen LogP contribution >= 0.6 is 27.3 Å². The van der Waals surface area contributed by atoms with Crippen LogP contribution in [0.15, 0.2) is 20.7 Å². The van der Waals surface area contributed by atoms with Gasteiger partial charge in [0.15, 0.2) is 5.82 Å². The van der Waals surface area contributed by atoms with Gasteiger partial charge in [0.05, 0.1) is 10.6 Å². The highest BCUT2D eigenvalue weighted by atomic mass is 79.9. The van der Waals surface area contributed by atoms with Crippen LogP contribution in [0.1, 0.15) is 16.1 Å². The molecule has 2 aromatic heterocycles. The molecule has 0 saturated heterocycles. The fraction of sp³-hybridized carbons (Fsp3) is 0.100. The van der Waals surface area contributed by atoms with Gasteiger partial charge in [0.25, 0.3) is 5.56 Å². The predicted molar refractivity (Wildman–Crippen MR) is 67.6 cm³/mol. The molecule has 2 heterocycles. The highest BCUT2D eigenvalue weighted by molar-refractivity contribution is 9.10. The molecular formula is C10H7BrN2O3S. The van der Waals surface area contributed by atoms with Crippen LogP contribution < -0.4 is 5.56 Å². The number of rotatable bonds is 2. The van der Waals surface area contributed by atoms with E-state index >= 15 is 0 Å². The number of nitrogens with zero attached hydrogens (tertiary/aromatic N) is 1. The first kappa shape index (κ1) is 12.0. The van der Waals surface area contributed by atoms with Gasteiger partial charge in [-0.15, -0.1) is 11.3 Å². The summed E-state index contributed by atoms with van der Waals surface area (Å²) in [6, 6.07) is 1.83. The van der Waals surface area contributed by atoms with Gasteiger partial charge in [-0.05, 0) is 34.3 Å². The molecule has 0 aliphatic heterocycles. The monoisotopic (exact) mass is 314 g/mol. The van der Waals surface area contributed by atoms with Crippen LogP contribution in [0.4, 0.5) is 0 Å². The molecule has 0 saturated carbocycles. The van der Waals surface area contributed by atoms with Gasteiger partial charge in [0, 0.05) is 4.47 Å². The van der Waals surface area contributed by atoms with Gasteiger partial charge in [-0.2, -0.15) is 0 Å². The summed E-state index contributed by atoms with van der Waals surface area (Å²) in [5, 5.41) is 10.7. The van der Waals surface area contributed by atoms with E-state index in [-0.39, 0.29) is 11.3 Å². The molecule has 0 aliphatic rings. The van der Waals surface area contributed by atoms with E-state index in [4.69, 9.17) is 5.11 Å². The number of halogens is 1. The Labute approximate surface area is 108 Å². The molecule has 0 aliphatic carbocycles. The molecule has 0 spiro atoms. The molecule has 0 aromatic carbocycles. The number of carboxylic acid groups (broad SMARTS) is 1. The van der Waals surface area contributed by atoms with Crippen molar-refractivity contribution in [3.05, 3.63) is 37.5 Å². The lowest BCUT2D eigenvalue weighted by atomic mass is 10.2. The molecule has 17 heavy (non-hydrogen) atoms. The van der Waals surface area contributed by atoms with Crippen molar-refractivity contribution in [3.8, 4) is 10.7 Å². The second-order valence-electron chi connectivity index (χ2n) is 3.28. The SMILES string of the molecule is Cc1nc(-c2sccc2Br)[nH]c(=O)c1C(=O)O. The Hall–Kier alpha value is -1.47. The maximum absolute atomic E-state index is 11.6. The molecule has 0 unspecified atom stereocenters. The lowest BCUT2D eigenvalue weighted by Gasteiger charge is -2.03. The van der Waals surface area contributed by atoms with Gasteiger partial charge in [-0.25, -0.2) is 9.78 Å². The van der Waals surface area contributed by atoms with Crippen LogP contribution in [0, 0.1) is 6.92 Å². The number of thiophene rings is 1. The van der Waals surface area contributed by atoms with Gasteiger partial charge in [-0.1, -0.05) is 0 Å². The Morgan fingerprint density at radius 2 is 2.29 bits per heavy atom. The number of hydrogen-bond donors (Lipinski definition) is 2. The van der Waals surface area contributed by atoms with E-state index in [1.807, 2.05) is 11.4 Å². The zero-order chi connectivity index (χ0) is 12.6. The molecule has 2 rings (SSSR count). The van der Waals surface area contributed by atoms with Gasteiger partial charge in [0.2, 0.25) is 0 Å². The van der Waals surface area contributed by atoms with Crippen molar-refractivity contribution in [2.24, 2.45) is 0 Å². The Bertz CT molecular complexity index is 647. The average molecular weight is 315 g/mol. The lowest BCUT2D eigenvalue weighted by molar-refractivity contribution is 0.0693. The Morgan fingerprint density at radius 3 is 2.76 bits per heavy atom. The van der Waals surface area contributed by atoms with E-state index in [1.54, 1.807) is 0 Å². The molecule has 0 atom stereocenters. The minimum absolute atomic E-state index is 0.205. The summed E-state index contributed by atoms with van der Waals surface area (Å²) in [5.74, 6) is -0.896. The van der Waals surface area contributed by atoms with Crippen molar-refractivity contribution < 1.29 is 9.90 Å². The van der Waals surface area contributed by atoms with Crippen LogP contribution in [0.25, 0.3) is 10.7 Å². The van der Waals surface area contributed by atoms with Gasteiger partial charge >= 0.3 is 5.97 Å². The molecule has 7 heteroatoms. The maximum atomic E-state index is 11.6. The van der Waals surface area contributed by atoms with E-state index in [0.717, 1.165) is 9.35 Å². The summed E-state index contributed by atoms with van der Waals surface area (Å²) in [5.41, 5.74) is -0.752. The largest absolute Gasteiger partial charge is 0.477 e. The van der Waals surface area contributed by atoms with Crippen LogP contribution in [0.3, 0.4) is 0 Å². The van der Waals surface area contributed by atoms with Crippen molar-refractivity contribution in [3.63, 3.8) is 0 Å². The lowest BCUT2D eigenvalue weighted by Crippen LogP contribution is -2.21. The summed E-state index contributed by atoms with van der Waals surface area (Å²) in [4.78, 5) is 29.8. The number of nitrogens with one attached hydrogen (secondary N) is 1. The second kappa shape index (κ2) is 4.42. The molecule has 0 radical (unpaired) electrons. The van der Waals surface area contributed by atoms with E-state index in [9.17, 15) is 9.59 Å². The second-order valence-corrected chi connectivity index (χ2v) is 5.05. The fourth-order valence-corrected chi connectivity index (χ4v) is 2.91. The van der Waals surface area contributed by atoms with E-state index in [1.165, 1.54) is 18.3 Å². The first-order valence-corrected chi connectivity index (χ1v) is 6.25. The highest BCUT2D eigenvalue weighted by Crippen LogP contribution is 2.30. The van der Waals surface area contributed by atoms with Crippen molar-refractivity contribution in [2.45, 2.75) is 6.92 Å². The molecular weight excluding hydrogens is 308 g/mol. The first-order chi connectivity index (χ1) is 8.00. The van der Waals surface area contributed by atoms with Crippen LogP contribution in [-0.4, -0.2) is 21.0 Å². The van der Waals surface area contributed by atoms with Crippen molar-refractivity contribution >= 4 is 33.2 Å². The summed E-state index contributed by atoms with van der Waals surface area (Å²) < 4.78 is 0.813. The van der Waals surface area contributed by atoms with Crippen molar-refractivity contribution in [2.75, 3.05) is 0 Å². The predicted octanol–water partition coefficient (Wildman–Crippen LogP) is 2.27. The van der Waals surface area contributed by atoms with Gasteiger partial charge in [0.1, 0.15) is 5.56 Å². The molecule has 0 bridgehead atoms. The normalized spacial score (nSPS) is 10.5. The van der Waals surface area contributed by atoms with E-state index in [2.05, 4.69) is 25.9 Å². The number of H-pyrrole nitrogens is 1. The van der Waals surface area contributed by atoms with E-state index in [0.29, 0.717) is 5.82 Å². The topological polar surface area (TPSA) is 83.0 Å². The summed E-state index contributed by atoms with van der Waals surface area (Å²) in [6.07, 6.45) is 0. The Morgan fingerprint density at radius 1 is 1.59 bits per heavy atom. The molecule has 88 valence electrons. The number of aromatic nitrogens is 2. The first-order valence-electron chi connectivity index (χ1n) is 4.58. The van der Waals surface area contributed by atoms with E-state index < -0.39 is 11.5 Å². The highest BCUT2D eigenvalue weighted by Gasteiger charge is 2.16. The Balaban J connectivity index is 2.65. The molecule has 0 fully saturated rings. The van der Waals surface area contributed by atoms with Crippen molar-refractivity contribution in [1.82, 2.24) is 9.97 Å². The summed E-state index contributed by atoms with van der Waals surface area (Å²) in [6.45, 7) is 1.50. The number of carboxylic acids is 1. The zero-order valence-corrected chi connectivity index (χ0v) is 11.1. The molecule has 0 amide bonds. The Kier molecular flexibility index (Phi) is 3.12. The van der Waals surface area contributed by atoms with Crippen LogP contribution in [0.2, 0.25) is 0 Å². The number of carbonyl (C=O) groups is 1. The summed E-state index contributed by atoms with van der Waals surface area (Å²) in [7, 11) is 0. The third kappa shape index (κ3) is 2.16. The minimum Gasteiger partial charge on any atom is -0.477 e.